The van der Waals surface area contributed by atoms with E-state index in [0.29, 0.717) is 16.9 Å². The van der Waals surface area contributed by atoms with Crippen molar-refractivity contribution in [1.29, 1.82) is 0 Å². The molecule has 2 aromatic carbocycles. The molecule has 0 aromatic heterocycles. The molecular formula is C25H29N3O6S. The van der Waals surface area contributed by atoms with E-state index in [9.17, 15) is 22.8 Å². The van der Waals surface area contributed by atoms with E-state index in [1.807, 2.05) is 6.07 Å². The molecule has 2 N–H and O–H groups in total. The molecule has 10 heteroatoms. The summed E-state index contributed by atoms with van der Waals surface area (Å²) >= 11 is 0. The van der Waals surface area contributed by atoms with Crippen molar-refractivity contribution in [2.75, 3.05) is 16.8 Å². The van der Waals surface area contributed by atoms with Gasteiger partial charge in [0.25, 0.3) is 5.91 Å². The van der Waals surface area contributed by atoms with Crippen molar-refractivity contribution in [2.24, 2.45) is 5.92 Å². The van der Waals surface area contributed by atoms with Crippen LogP contribution in [0.3, 0.4) is 0 Å². The standard InChI is InChI=1S/C25H29N3O6S/c1-17(2)22(27-35(32,33)15-14-18-10-6-5-7-11-18)23(30)34-16-21(29)28-20-13-9-8-12-19(20)26-24(31)25(28,3)4/h5-15,17,22,27H,16H2,1-4H3,(H,26,31). The van der Waals surface area contributed by atoms with Crippen molar-refractivity contribution in [2.45, 2.75) is 39.3 Å². The van der Waals surface area contributed by atoms with Crippen molar-refractivity contribution >= 4 is 45.3 Å². The van der Waals surface area contributed by atoms with Crippen LogP contribution in [0.25, 0.3) is 6.08 Å². The maximum absolute atomic E-state index is 13.1. The molecule has 1 aliphatic rings. The van der Waals surface area contributed by atoms with Gasteiger partial charge in [0.05, 0.1) is 11.4 Å². The number of ether oxygens (including phenoxy) is 1. The zero-order valence-electron chi connectivity index (χ0n) is 20.0. The number of nitrogens with zero attached hydrogens (tertiary/aromatic N) is 1. The van der Waals surface area contributed by atoms with Crippen LogP contribution in [-0.2, 0) is 29.1 Å². The van der Waals surface area contributed by atoms with Crippen LogP contribution in [0.5, 0.6) is 0 Å². The van der Waals surface area contributed by atoms with Crippen LogP contribution in [0.4, 0.5) is 11.4 Å². The average Bonchev–Trinajstić information content (AvgIpc) is 2.81. The highest BCUT2D eigenvalue weighted by Gasteiger charge is 2.44. The van der Waals surface area contributed by atoms with E-state index < -0.39 is 46.0 Å². The van der Waals surface area contributed by atoms with Crippen molar-refractivity contribution in [3.05, 3.63) is 65.6 Å². The summed E-state index contributed by atoms with van der Waals surface area (Å²) in [5.74, 6) is -2.33. The number of sulfonamides is 1. The Hall–Kier alpha value is -3.50. The van der Waals surface area contributed by atoms with E-state index in [-0.39, 0.29) is 5.91 Å². The Morgan fingerprint density at radius 1 is 1.09 bits per heavy atom. The van der Waals surface area contributed by atoms with Gasteiger partial charge in [-0.1, -0.05) is 56.3 Å². The van der Waals surface area contributed by atoms with Crippen LogP contribution in [0, 0.1) is 5.92 Å². The molecule has 3 rings (SSSR count). The Labute approximate surface area is 205 Å². The minimum atomic E-state index is -3.97. The molecule has 0 saturated carbocycles. The Kier molecular flexibility index (Phi) is 7.76. The van der Waals surface area contributed by atoms with Crippen molar-refractivity contribution in [3.8, 4) is 0 Å². The highest BCUT2D eigenvalue weighted by atomic mass is 32.2. The maximum Gasteiger partial charge on any atom is 0.324 e. The molecule has 0 saturated heterocycles. The summed E-state index contributed by atoms with van der Waals surface area (Å²) in [6.45, 7) is 5.83. The topological polar surface area (TPSA) is 122 Å². The lowest BCUT2D eigenvalue weighted by atomic mass is 9.96. The molecule has 2 amide bonds. The fraction of sp³-hybridized carbons (Fsp3) is 0.320. The van der Waals surface area contributed by atoms with E-state index in [1.165, 1.54) is 11.0 Å². The first kappa shape index (κ1) is 26.1. The van der Waals surface area contributed by atoms with Crippen molar-refractivity contribution < 1.29 is 27.5 Å². The van der Waals surface area contributed by atoms with Crippen molar-refractivity contribution in [1.82, 2.24) is 4.72 Å². The highest BCUT2D eigenvalue weighted by molar-refractivity contribution is 7.92. The summed E-state index contributed by atoms with van der Waals surface area (Å²) in [5, 5.41) is 3.73. The molecule has 186 valence electrons. The first-order chi connectivity index (χ1) is 16.4. The van der Waals surface area contributed by atoms with Gasteiger partial charge in [0, 0.05) is 5.41 Å². The minimum Gasteiger partial charge on any atom is -0.454 e. The van der Waals surface area contributed by atoms with Gasteiger partial charge < -0.3 is 10.1 Å². The summed E-state index contributed by atoms with van der Waals surface area (Å²) in [7, 11) is -3.97. The lowest BCUT2D eigenvalue weighted by molar-refractivity contribution is -0.150. The van der Waals surface area contributed by atoms with Crippen LogP contribution in [0.1, 0.15) is 33.3 Å². The monoisotopic (exact) mass is 499 g/mol. The van der Waals surface area contributed by atoms with Gasteiger partial charge in [0.2, 0.25) is 15.9 Å². The van der Waals surface area contributed by atoms with E-state index >= 15 is 0 Å². The summed E-state index contributed by atoms with van der Waals surface area (Å²) in [5.41, 5.74) is 0.402. The molecule has 0 aliphatic carbocycles. The second-order valence-electron chi connectivity index (χ2n) is 8.97. The van der Waals surface area contributed by atoms with Gasteiger partial charge in [0.1, 0.15) is 11.6 Å². The average molecular weight is 500 g/mol. The summed E-state index contributed by atoms with van der Waals surface area (Å²) in [4.78, 5) is 39.7. The number of anilines is 2. The Bertz CT molecular complexity index is 1240. The molecule has 1 heterocycles. The first-order valence-electron chi connectivity index (χ1n) is 11.1. The quantitative estimate of drug-likeness (QED) is 0.539. The predicted octanol–water partition coefficient (Wildman–Crippen LogP) is 2.91. The zero-order valence-corrected chi connectivity index (χ0v) is 20.8. The van der Waals surface area contributed by atoms with Gasteiger partial charge in [-0.05, 0) is 43.5 Å². The molecule has 0 radical (unpaired) electrons. The number of hydrogen-bond donors (Lipinski definition) is 2. The number of fused-ring (bicyclic) bond motifs is 1. The number of para-hydroxylation sites is 2. The van der Waals surface area contributed by atoms with E-state index in [2.05, 4.69) is 10.0 Å². The maximum atomic E-state index is 13.1. The van der Waals surface area contributed by atoms with E-state index in [4.69, 9.17) is 4.74 Å². The lowest BCUT2D eigenvalue weighted by Gasteiger charge is -2.41. The molecule has 0 bridgehead atoms. The number of carbonyl (C=O) groups is 3. The van der Waals surface area contributed by atoms with E-state index in [1.54, 1.807) is 76.2 Å². The van der Waals surface area contributed by atoms with Gasteiger partial charge in [-0.2, -0.15) is 4.72 Å². The molecule has 2 aromatic rings. The lowest BCUT2D eigenvalue weighted by Crippen LogP contribution is -2.59. The summed E-state index contributed by atoms with van der Waals surface area (Å²) < 4.78 is 32.6. The molecule has 1 aliphatic heterocycles. The third-order valence-corrected chi connectivity index (χ3v) is 6.62. The number of esters is 1. The highest BCUT2D eigenvalue weighted by Crippen LogP contribution is 2.36. The third kappa shape index (κ3) is 6.14. The zero-order chi connectivity index (χ0) is 25.8. The number of carbonyl (C=O) groups excluding carboxylic acids is 3. The van der Waals surface area contributed by atoms with Crippen molar-refractivity contribution in [3.63, 3.8) is 0 Å². The van der Waals surface area contributed by atoms with E-state index in [0.717, 1.165) is 5.41 Å². The third-order valence-electron chi connectivity index (χ3n) is 5.55. The molecular weight excluding hydrogens is 470 g/mol. The van der Waals surface area contributed by atoms with Crippen LogP contribution >= 0.6 is 0 Å². The summed E-state index contributed by atoms with van der Waals surface area (Å²) in [6.07, 6.45) is 1.41. The first-order valence-corrected chi connectivity index (χ1v) is 12.6. The Balaban J connectivity index is 1.71. The van der Waals surface area contributed by atoms with Gasteiger partial charge in [-0.3, -0.25) is 19.3 Å². The minimum absolute atomic E-state index is 0.381. The fourth-order valence-corrected chi connectivity index (χ4v) is 4.73. The second-order valence-corrected chi connectivity index (χ2v) is 10.6. The molecule has 9 nitrogen and oxygen atoms in total. The smallest absolute Gasteiger partial charge is 0.324 e. The summed E-state index contributed by atoms with van der Waals surface area (Å²) in [6, 6.07) is 14.4. The molecule has 0 spiro atoms. The second kappa shape index (κ2) is 10.4. The molecule has 35 heavy (non-hydrogen) atoms. The van der Waals surface area contributed by atoms with Crippen LogP contribution in [-0.4, -0.2) is 44.4 Å². The normalized spacial score (nSPS) is 16.0. The van der Waals surface area contributed by atoms with Gasteiger partial charge in [-0.25, -0.2) is 8.42 Å². The fourth-order valence-electron chi connectivity index (χ4n) is 3.59. The number of nitrogens with one attached hydrogen (secondary N) is 2. The Morgan fingerprint density at radius 2 is 1.71 bits per heavy atom. The molecule has 1 atom stereocenters. The van der Waals surface area contributed by atoms with Gasteiger partial charge in [0.15, 0.2) is 6.61 Å². The number of rotatable bonds is 8. The van der Waals surface area contributed by atoms with Gasteiger partial charge >= 0.3 is 5.97 Å². The SMILES string of the molecule is CC(C)C(NS(=O)(=O)C=Cc1ccccc1)C(=O)OCC(=O)N1c2ccccc2NC(=O)C1(C)C. The number of amides is 2. The number of hydrogen-bond acceptors (Lipinski definition) is 6. The van der Waals surface area contributed by atoms with Crippen LogP contribution < -0.4 is 14.9 Å². The van der Waals surface area contributed by atoms with Gasteiger partial charge in [-0.15, -0.1) is 0 Å². The molecule has 1 unspecified atom stereocenters. The predicted molar refractivity (Wildman–Crippen MR) is 134 cm³/mol. The van der Waals surface area contributed by atoms with Crippen LogP contribution in [0.2, 0.25) is 0 Å². The Morgan fingerprint density at radius 3 is 2.37 bits per heavy atom. The molecule has 0 fully saturated rings. The largest absolute Gasteiger partial charge is 0.454 e. The van der Waals surface area contributed by atoms with Crippen LogP contribution in [0.15, 0.2) is 60.0 Å². The number of benzene rings is 2.